The maximum Gasteiger partial charge on any atom is 0.219 e. The number of rotatable bonds is 3. The van der Waals surface area contributed by atoms with E-state index in [-0.39, 0.29) is 11.8 Å². The molecule has 0 bridgehead atoms. The molecule has 0 N–H and O–H groups in total. The maximum atomic E-state index is 11.5. The number of ether oxygens (including phenoxy) is 1. The summed E-state index contributed by atoms with van der Waals surface area (Å²) in [6.45, 7) is 3.72. The van der Waals surface area contributed by atoms with Crippen LogP contribution < -0.4 is 0 Å². The van der Waals surface area contributed by atoms with Crippen LogP contribution in [0.5, 0.6) is 0 Å². The monoisotopic (exact) mass is 264 g/mol. The second kappa shape index (κ2) is 5.79. The molecule has 7 heteroatoms. The average Bonchev–Trinajstić information content (AvgIpc) is 2.40. The molecule has 1 rings (SSSR count). The standard InChI is InChI=1S/C10H20N2O4S/c1-9(13)11-4-5-12(17(3,14)15)7-10(6-11)8-16-2/h10H,4-8H2,1-3H3. The Morgan fingerprint density at radius 2 is 2.00 bits per heavy atom. The predicted molar refractivity (Wildman–Crippen MR) is 64.0 cm³/mol. The second-order valence-electron chi connectivity index (χ2n) is 4.41. The van der Waals surface area contributed by atoms with Crippen LogP contribution >= 0.6 is 0 Å². The van der Waals surface area contributed by atoms with Crippen molar-refractivity contribution in [3.8, 4) is 0 Å². The van der Waals surface area contributed by atoms with Crippen molar-refractivity contribution in [2.45, 2.75) is 6.92 Å². The van der Waals surface area contributed by atoms with Gasteiger partial charge in [0.25, 0.3) is 0 Å². The molecule has 0 saturated carbocycles. The van der Waals surface area contributed by atoms with E-state index in [0.29, 0.717) is 32.8 Å². The lowest BCUT2D eigenvalue weighted by atomic mass is 10.1. The lowest BCUT2D eigenvalue weighted by Gasteiger charge is -2.22. The summed E-state index contributed by atoms with van der Waals surface area (Å²) in [6.07, 6.45) is 1.19. The van der Waals surface area contributed by atoms with Crippen molar-refractivity contribution < 1.29 is 17.9 Å². The van der Waals surface area contributed by atoms with Crippen LogP contribution in [0.2, 0.25) is 0 Å². The topological polar surface area (TPSA) is 66.9 Å². The zero-order chi connectivity index (χ0) is 13.1. The Labute approximate surface area is 103 Å². The molecule has 1 aliphatic heterocycles. The highest BCUT2D eigenvalue weighted by Gasteiger charge is 2.28. The van der Waals surface area contributed by atoms with Gasteiger partial charge in [0.05, 0.1) is 12.9 Å². The highest BCUT2D eigenvalue weighted by atomic mass is 32.2. The summed E-state index contributed by atoms with van der Waals surface area (Å²) in [4.78, 5) is 13.1. The molecular weight excluding hydrogens is 244 g/mol. The molecule has 100 valence electrons. The van der Waals surface area contributed by atoms with Crippen molar-refractivity contribution in [2.24, 2.45) is 5.92 Å². The largest absolute Gasteiger partial charge is 0.384 e. The number of hydrogen-bond acceptors (Lipinski definition) is 4. The zero-order valence-corrected chi connectivity index (χ0v) is 11.4. The molecular formula is C10H20N2O4S. The van der Waals surface area contributed by atoms with Gasteiger partial charge in [0, 0.05) is 46.1 Å². The van der Waals surface area contributed by atoms with E-state index in [1.165, 1.54) is 17.5 Å². The molecule has 1 atom stereocenters. The first-order valence-corrected chi connectivity index (χ1v) is 7.39. The first-order chi connectivity index (χ1) is 7.84. The number of sulfonamides is 1. The molecule has 1 aliphatic rings. The third-order valence-corrected chi connectivity index (χ3v) is 4.15. The quantitative estimate of drug-likeness (QED) is 0.681. The molecule has 0 aromatic rings. The molecule has 1 fully saturated rings. The smallest absolute Gasteiger partial charge is 0.219 e. The van der Waals surface area contributed by atoms with Crippen LogP contribution in [0.3, 0.4) is 0 Å². The van der Waals surface area contributed by atoms with Crippen molar-refractivity contribution in [3.63, 3.8) is 0 Å². The van der Waals surface area contributed by atoms with E-state index in [0.717, 1.165) is 0 Å². The summed E-state index contributed by atoms with van der Waals surface area (Å²) in [5, 5.41) is 0. The van der Waals surface area contributed by atoms with Crippen molar-refractivity contribution >= 4 is 15.9 Å². The Morgan fingerprint density at radius 3 is 2.47 bits per heavy atom. The Kier molecular flexibility index (Phi) is 4.91. The van der Waals surface area contributed by atoms with Gasteiger partial charge < -0.3 is 9.64 Å². The van der Waals surface area contributed by atoms with Gasteiger partial charge in [-0.2, -0.15) is 4.31 Å². The third-order valence-electron chi connectivity index (χ3n) is 2.88. The molecule has 0 aliphatic carbocycles. The molecule has 1 amide bonds. The van der Waals surface area contributed by atoms with E-state index in [1.807, 2.05) is 0 Å². The van der Waals surface area contributed by atoms with Crippen molar-refractivity contribution in [3.05, 3.63) is 0 Å². The van der Waals surface area contributed by atoms with Crippen LogP contribution in [0.15, 0.2) is 0 Å². The van der Waals surface area contributed by atoms with Gasteiger partial charge in [-0.05, 0) is 0 Å². The Hall–Kier alpha value is -0.660. The maximum absolute atomic E-state index is 11.5. The number of nitrogens with zero attached hydrogens (tertiary/aromatic N) is 2. The van der Waals surface area contributed by atoms with E-state index in [9.17, 15) is 13.2 Å². The highest BCUT2D eigenvalue weighted by molar-refractivity contribution is 7.88. The van der Waals surface area contributed by atoms with E-state index in [4.69, 9.17) is 4.74 Å². The molecule has 1 saturated heterocycles. The Balaban J connectivity index is 2.80. The van der Waals surface area contributed by atoms with Gasteiger partial charge >= 0.3 is 0 Å². The average molecular weight is 264 g/mol. The summed E-state index contributed by atoms with van der Waals surface area (Å²) in [5.41, 5.74) is 0. The van der Waals surface area contributed by atoms with Gasteiger partial charge in [-0.15, -0.1) is 0 Å². The van der Waals surface area contributed by atoms with Gasteiger partial charge in [0.2, 0.25) is 15.9 Å². The minimum absolute atomic E-state index is 0.0264. The predicted octanol–water partition coefficient (Wildman–Crippen LogP) is -0.627. The first kappa shape index (κ1) is 14.4. The first-order valence-electron chi connectivity index (χ1n) is 5.54. The lowest BCUT2D eigenvalue weighted by Crippen LogP contribution is -2.36. The van der Waals surface area contributed by atoms with E-state index < -0.39 is 10.0 Å². The van der Waals surface area contributed by atoms with Crippen molar-refractivity contribution in [1.29, 1.82) is 0 Å². The summed E-state index contributed by atoms with van der Waals surface area (Å²) >= 11 is 0. The molecule has 0 aromatic heterocycles. The lowest BCUT2D eigenvalue weighted by molar-refractivity contribution is -0.129. The number of carbonyl (C=O) groups is 1. The summed E-state index contributed by atoms with van der Waals surface area (Å²) in [6, 6.07) is 0. The van der Waals surface area contributed by atoms with Gasteiger partial charge in [-0.25, -0.2) is 8.42 Å². The minimum Gasteiger partial charge on any atom is -0.384 e. The van der Waals surface area contributed by atoms with Gasteiger partial charge in [-0.3, -0.25) is 4.79 Å². The fraction of sp³-hybridized carbons (Fsp3) is 0.900. The normalized spacial score (nSPS) is 23.5. The van der Waals surface area contributed by atoms with Gasteiger partial charge in [0.15, 0.2) is 0 Å². The number of carbonyl (C=O) groups excluding carboxylic acids is 1. The van der Waals surface area contributed by atoms with E-state index in [2.05, 4.69) is 0 Å². The molecule has 1 unspecified atom stereocenters. The fourth-order valence-corrected chi connectivity index (χ4v) is 2.90. The minimum atomic E-state index is -3.21. The summed E-state index contributed by atoms with van der Waals surface area (Å²) in [7, 11) is -1.63. The number of amides is 1. The van der Waals surface area contributed by atoms with Crippen molar-refractivity contribution in [2.75, 3.05) is 46.2 Å². The van der Waals surface area contributed by atoms with E-state index in [1.54, 1.807) is 12.0 Å². The van der Waals surface area contributed by atoms with Crippen LogP contribution in [-0.2, 0) is 19.6 Å². The summed E-state index contributed by atoms with van der Waals surface area (Å²) in [5.74, 6) is 0.00239. The van der Waals surface area contributed by atoms with Gasteiger partial charge in [-0.1, -0.05) is 0 Å². The summed E-state index contributed by atoms with van der Waals surface area (Å²) < 4.78 is 29.6. The van der Waals surface area contributed by atoms with E-state index >= 15 is 0 Å². The fourth-order valence-electron chi connectivity index (χ4n) is 2.00. The molecule has 17 heavy (non-hydrogen) atoms. The molecule has 6 nitrogen and oxygen atoms in total. The van der Waals surface area contributed by atoms with Crippen molar-refractivity contribution in [1.82, 2.24) is 9.21 Å². The molecule has 0 spiro atoms. The van der Waals surface area contributed by atoms with Gasteiger partial charge in [0.1, 0.15) is 0 Å². The third kappa shape index (κ3) is 4.25. The van der Waals surface area contributed by atoms with Crippen LogP contribution in [0.1, 0.15) is 6.92 Å². The zero-order valence-electron chi connectivity index (χ0n) is 10.5. The van der Waals surface area contributed by atoms with Crippen LogP contribution in [0.25, 0.3) is 0 Å². The second-order valence-corrected chi connectivity index (χ2v) is 6.39. The molecule has 0 radical (unpaired) electrons. The Bertz CT molecular complexity index is 369. The Morgan fingerprint density at radius 1 is 1.35 bits per heavy atom. The molecule has 0 aromatic carbocycles. The van der Waals surface area contributed by atoms with Crippen LogP contribution in [-0.4, -0.2) is 69.7 Å². The SMILES string of the molecule is COCC1CN(C(C)=O)CCN(S(C)(=O)=O)C1. The van der Waals surface area contributed by atoms with Crippen LogP contribution in [0.4, 0.5) is 0 Å². The molecule has 1 heterocycles. The number of methoxy groups -OCH3 is 1. The van der Waals surface area contributed by atoms with Crippen LogP contribution in [0, 0.1) is 5.92 Å². The number of hydrogen-bond donors (Lipinski definition) is 0. The highest BCUT2D eigenvalue weighted by Crippen LogP contribution is 2.13.